The number of fused-ring (bicyclic) bond motifs is 1. The molecule has 0 unspecified atom stereocenters. The number of hydrogen-bond acceptors (Lipinski definition) is 5. The van der Waals surface area contributed by atoms with E-state index in [1.165, 1.54) is 4.68 Å². The highest BCUT2D eigenvalue weighted by atomic mass is 32.2. The molecule has 8 heteroatoms. The fraction of sp³-hybridized carbons (Fsp3) is 0.500. The second-order valence-corrected chi connectivity index (χ2v) is 8.69. The first-order chi connectivity index (χ1) is 11.5. The molecule has 6 nitrogen and oxygen atoms in total. The molecule has 1 saturated carbocycles. The lowest BCUT2D eigenvalue weighted by Crippen LogP contribution is -2.39. The average molecular weight is 350 g/mol. The van der Waals surface area contributed by atoms with Crippen molar-refractivity contribution in [2.75, 3.05) is 6.54 Å². The van der Waals surface area contributed by atoms with Crippen molar-refractivity contribution < 1.29 is 12.8 Å². The van der Waals surface area contributed by atoms with Crippen LogP contribution in [-0.2, 0) is 9.84 Å². The van der Waals surface area contributed by atoms with Crippen LogP contribution < -0.4 is 5.73 Å². The maximum atomic E-state index is 14.3. The van der Waals surface area contributed by atoms with Crippen molar-refractivity contribution in [1.29, 1.82) is 0 Å². The number of nitrogens with zero attached hydrogens (tertiary/aromatic N) is 3. The van der Waals surface area contributed by atoms with Gasteiger partial charge in [-0.3, -0.25) is 0 Å². The third-order valence-corrected chi connectivity index (χ3v) is 6.99. The topological polar surface area (TPSA) is 90.9 Å². The summed E-state index contributed by atoms with van der Waals surface area (Å²) in [7, 11) is -3.62. The van der Waals surface area contributed by atoms with Gasteiger partial charge in [0.15, 0.2) is 12.0 Å². The largest absolute Gasteiger partial charge is 0.330 e. The molecule has 4 rings (SSSR count). The molecule has 24 heavy (non-hydrogen) atoms. The average Bonchev–Trinajstić information content (AvgIpc) is 3.08. The van der Waals surface area contributed by atoms with Crippen molar-refractivity contribution in [3.63, 3.8) is 0 Å². The minimum atomic E-state index is -3.62. The van der Waals surface area contributed by atoms with E-state index < -0.39 is 21.3 Å². The van der Waals surface area contributed by atoms with Crippen LogP contribution in [0.15, 0.2) is 35.5 Å². The summed E-state index contributed by atoms with van der Waals surface area (Å²) >= 11 is 0. The second-order valence-electron chi connectivity index (χ2n) is 6.57. The summed E-state index contributed by atoms with van der Waals surface area (Å²) in [6.07, 6.45) is -0.00336. The van der Waals surface area contributed by atoms with Crippen molar-refractivity contribution in [1.82, 2.24) is 14.8 Å². The molecule has 1 aromatic carbocycles. The third kappa shape index (κ3) is 2.36. The van der Waals surface area contributed by atoms with Crippen LogP contribution in [0.1, 0.15) is 42.9 Å². The van der Waals surface area contributed by atoms with Crippen LogP contribution in [-0.4, -0.2) is 35.0 Å². The Morgan fingerprint density at radius 3 is 2.58 bits per heavy atom. The van der Waals surface area contributed by atoms with Crippen LogP contribution in [0.4, 0.5) is 4.39 Å². The predicted molar refractivity (Wildman–Crippen MR) is 85.8 cm³/mol. The minimum absolute atomic E-state index is 0.108. The normalized spacial score (nSPS) is 29.2. The maximum Gasteiger partial charge on any atom is 0.267 e. The molecule has 1 aromatic heterocycles. The molecule has 2 aromatic rings. The molecule has 0 bridgehead atoms. The highest BCUT2D eigenvalue weighted by Gasteiger charge is 2.43. The van der Waals surface area contributed by atoms with Gasteiger partial charge in [-0.25, -0.2) is 17.5 Å². The number of halogens is 1. The predicted octanol–water partition coefficient (Wildman–Crippen LogP) is 1.79. The Morgan fingerprint density at radius 1 is 1.21 bits per heavy atom. The Labute approximate surface area is 139 Å². The smallest absolute Gasteiger partial charge is 0.267 e. The van der Waals surface area contributed by atoms with Gasteiger partial charge in [-0.05, 0) is 30.9 Å². The van der Waals surface area contributed by atoms with Crippen LogP contribution >= 0.6 is 0 Å². The quantitative estimate of drug-likeness (QED) is 0.908. The SMILES string of the molecule is NCC1CC(S(=O)(=O)c2nc3n(n2)[C@H](c2ccccc2)C[C@@H]3F)C1. The van der Waals surface area contributed by atoms with E-state index in [0.717, 1.165) is 5.56 Å². The van der Waals surface area contributed by atoms with Gasteiger partial charge in [0.2, 0.25) is 9.84 Å². The van der Waals surface area contributed by atoms with Gasteiger partial charge in [-0.15, -0.1) is 5.10 Å². The second kappa shape index (κ2) is 5.63. The van der Waals surface area contributed by atoms with E-state index in [9.17, 15) is 12.8 Å². The van der Waals surface area contributed by atoms with Gasteiger partial charge in [0, 0.05) is 6.42 Å². The summed E-state index contributed by atoms with van der Waals surface area (Å²) in [5, 5.41) is 3.42. The summed E-state index contributed by atoms with van der Waals surface area (Å²) in [5.41, 5.74) is 6.46. The molecule has 0 saturated heterocycles. The molecule has 0 spiro atoms. The Balaban J connectivity index is 1.66. The zero-order valence-electron chi connectivity index (χ0n) is 13.0. The number of aromatic nitrogens is 3. The fourth-order valence-corrected chi connectivity index (χ4v) is 5.27. The van der Waals surface area contributed by atoms with E-state index in [1.807, 2.05) is 30.3 Å². The number of hydrogen-bond donors (Lipinski definition) is 1. The first-order valence-corrected chi connectivity index (χ1v) is 9.64. The van der Waals surface area contributed by atoms with Crippen molar-refractivity contribution in [3.05, 3.63) is 41.7 Å². The van der Waals surface area contributed by atoms with E-state index in [1.54, 1.807) is 0 Å². The van der Waals surface area contributed by atoms with Gasteiger partial charge in [-0.2, -0.15) is 4.98 Å². The van der Waals surface area contributed by atoms with Crippen molar-refractivity contribution >= 4 is 9.84 Å². The molecule has 2 N–H and O–H groups in total. The zero-order chi connectivity index (χ0) is 16.9. The number of sulfone groups is 1. The molecule has 2 atom stereocenters. The van der Waals surface area contributed by atoms with Crippen LogP contribution in [0.3, 0.4) is 0 Å². The Bertz CT molecular complexity index is 846. The molecule has 1 aliphatic carbocycles. The third-order valence-electron chi connectivity index (χ3n) is 5.05. The maximum absolute atomic E-state index is 14.3. The number of nitrogens with two attached hydrogens (primary N) is 1. The lowest BCUT2D eigenvalue weighted by atomic mass is 9.85. The van der Waals surface area contributed by atoms with Crippen molar-refractivity contribution in [2.45, 2.75) is 41.9 Å². The number of alkyl halides is 1. The Morgan fingerprint density at radius 2 is 1.92 bits per heavy atom. The molecule has 0 radical (unpaired) electrons. The van der Waals surface area contributed by atoms with Crippen LogP contribution in [0.25, 0.3) is 0 Å². The molecular weight excluding hydrogens is 331 g/mol. The molecule has 1 aliphatic heterocycles. The van der Waals surface area contributed by atoms with E-state index in [-0.39, 0.29) is 29.4 Å². The lowest BCUT2D eigenvalue weighted by Gasteiger charge is -2.32. The van der Waals surface area contributed by atoms with E-state index in [2.05, 4.69) is 10.1 Å². The van der Waals surface area contributed by atoms with Crippen LogP contribution in [0.5, 0.6) is 0 Å². The van der Waals surface area contributed by atoms with Gasteiger partial charge < -0.3 is 5.73 Å². The van der Waals surface area contributed by atoms with E-state index in [0.29, 0.717) is 19.4 Å². The Kier molecular flexibility index (Phi) is 3.69. The van der Waals surface area contributed by atoms with E-state index in [4.69, 9.17) is 5.73 Å². The van der Waals surface area contributed by atoms with Gasteiger partial charge in [0.25, 0.3) is 5.16 Å². The summed E-state index contributed by atoms with van der Waals surface area (Å²) in [5.74, 6) is 0.349. The molecule has 1 fully saturated rings. The van der Waals surface area contributed by atoms with Gasteiger partial charge in [0.05, 0.1) is 11.3 Å². The molecule has 128 valence electrons. The monoisotopic (exact) mass is 350 g/mol. The summed E-state index contributed by atoms with van der Waals surface area (Å²) < 4.78 is 41.0. The highest BCUT2D eigenvalue weighted by Crippen LogP contribution is 2.41. The first-order valence-electron chi connectivity index (χ1n) is 8.10. The zero-order valence-corrected chi connectivity index (χ0v) is 13.9. The molecular formula is C16H19FN4O2S. The lowest BCUT2D eigenvalue weighted by molar-refractivity contribution is 0.320. The number of rotatable bonds is 4. The molecule has 2 heterocycles. The van der Waals surface area contributed by atoms with Crippen molar-refractivity contribution in [2.24, 2.45) is 11.7 Å². The summed E-state index contributed by atoms with van der Waals surface area (Å²) in [6.45, 7) is 0.488. The fourth-order valence-electron chi connectivity index (χ4n) is 3.50. The van der Waals surface area contributed by atoms with Gasteiger partial charge in [0.1, 0.15) is 0 Å². The van der Waals surface area contributed by atoms with E-state index >= 15 is 0 Å². The minimum Gasteiger partial charge on any atom is -0.330 e. The number of benzene rings is 1. The van der Waals surface area contributed by atoms with Crippen LogP contribution in [0.2, 0.25) is 0 Å². The standard InChI is InChI=1S/C16H19FN4O2S/c17-13-8-14(11-4-2-1-3-5-11)21-15(13)19-16(20-21)24(22,23)12-6-10(7-12)9-18/h1-5,10,12-14H,6-9,18H2/t10?,12?,13-,14-/m0/s1. The van der Waals surface area contributed by atoms with Gasteiger partial charge in [-0.1, -0.05) is 30.3 Å². The highest BCUT2D eigenvalue weighted by molar-refractivity contribution is 7.91. The van der Waals surface area contributed by atoms with Gasteiger partial charge >= 0.3 is 0 Å². The van der Waals surface area contributed by atoms with Crippen LogP contribution in [0, 0.1) is 5.92 Å². The molecule has 2 aliphatic rings. The van der Waals surface area contributed by atoms with Crippen molar-refractivity contribution in [3.8, 4) is 0 Å². The Hall–Kier alpha value is -1.80. The first kappa shape index (κ1) is 15.7. The summed E-state index contributed by atoms with van der Waals surface area (Å²) in [4.78, 5) is 4.03. The molecule has 0 amide bonds. The summed E-state index contributed by atoms with van der Waals surface area (Å²) in [6, 6.07) is 9.09.